The van der Waals surface area contributed by atoms with Gasteiger partial charge in [-0.1, -0.05) is 0 Å². The average Bonchev–Trinajstić information content (AvgIpc) is 2.62. The molecule has 3 N–H and O–H groups in total. The highest BCUT2D eigenvalue weighted by molar-refractivity contribution is 7.99. The van der Waals surface area contributed by atoms with E-state index in [4.69, 9.17) is 14.6 Å². The number of ether oxygens (including phenoxy) is 2. The summed E-state index contributed by atoms with van der Waals surface area (Å²) in [5.74, 6) is 1.87. The van der Waals surface area contributed by atoms with E-state index >= 15 is 0 Å². The van der Waals surface area contributed by atoms with Crippen molar-refractivity contribution in [1.29, 1.82) is 0 Å². The third-order valence-electron chi connectivity index (χ3n) is 3.43. The number of unbranched alkanes of at least 4 members (excludes halogenated alkanes) is 1. The Morgan fingerprint density at radius 1 is 1.19 bits per heavy atom. The molecule has 0 bridgehead atoms. The zero-order valence-corrected chi connectivity index (χ0v) is 16.4. The number of carbonyl (C=O) groups is 1. The van der Waals surface area contributed by atoms with Crippen LogP contribution in [0.4, 0.5) is 4.79 Å². The number of aromatic nitrogens is 2. The molecule has 0 saturated heterocycles. The third-order valence-corrected chi connectivity index (χ3v) is 5.55. The van der Waals surface area contributed by atoms with Crippen LogP contribution >= 0.6 is 11.8 Å². The molecule has 0 fully saturated rings. The molecule has 0 spiro atoms. The second-order valence-electron chi connectivity index (χ2n) is 5.26. The largest absolute Gasteiger partial charge is 0.493 e. The SMILES string of the molecule is COc1cc2ncnc(SCCCCNS(=O)(=O)NC(=O)O)c2cc1OC. The van der Waals surface area contributed by atoms with E-state index in [9.17, 15) is 13.2 Å². The summed E-state index contributed by atoms with van der Waals surface area (Å²) in [5.41, 5.74) is 0.734. The summed E-state index contributed by atoms with van der Waals surface area (Å²) in [7, 11) is -0.904. The van der Waals surface area contributed by atoms with Gasteiger partial charge < -0.3 is 14.6 Å². The lowest BCUT2D eigenvalue weighted by Gasteiger charge is -2.10. The van der Waals surface area contributed by atoms with Crippen LogP contribution in [0, 0.1) is 0 Å². The van der Waals surface area contributed by atoms with Gasteiger partial charge in [0.2, 0.25) is 0 Å². The van der Waals surface area contributed by atoms with Crippen molar-refractivity contribution in [2.45, 2.75) is 17.9 Å². The highest BCUT2D eigenvalue weighted by atomic mass is 32.2. The number of rotatable bonds is 10. The molecule has 0 radical (unpaired) electrons. The first kappa shape index (κ1) is 21.0. The minimum Gasteiger partial charge on any atom is -0.493 e. The molecule has 1 aromatic heterocycles. The number of methoxy groups -OCH3 is 2. The van der Waals surface area contributed by atoms with Crippen LogP contribution in [0.3, 0.4) is 0 Å². The molecule has 10 nitrogen and oxygen atoms in total. The molecule has 2 aromatic rings. The lowest BCUT2D eigenvalue weighted by Crippen LogP contribution is -2.39. The van der Waals surface area contributed by atoms with Gasteiger partial charge in [0.05, 0.1) is 19.7 Å². The van der Waals surface area contributed by atoms with Crippen LogP contribution < -0.4 is 18.9 Å². The number of benzene rings is 1. The molecule has 0 atom stereocenters. The van der Waals surface area contributed by atoms with Gasteiger partial charge in [0.15, 0.2) is 11.5 Å². The molecule has 148 valence electrons. The number of carboxylic acid groups (broad SMARTS) is 1. The topological polar surface area (TPSA) is 140 Å². The highest BCUT2D eigenvalue weighted by Crippen LogP contribution is 2.34. The van der Waals surface area contributed by atoms with Gasteiger partial charge in [-0.2, -0.15) is 13.1 Å². The Morgan fingerprint density at radius 2 is 1.89 bits per heavy atom. The fraction of sp³-hybridized carbons (Fsp3) is 0.400. The molecular weight excluding hydrogens is 396 g/mol. The van der Waals surface area contributed by atoms with Gasteiger partial charge in [0.25, 0.3) is 0 Å². The monoisotopic (exact) mass is 416 g/mol. The van der Waals surface area contributed by atoms with E-state index in [1.807, 2.05) is 6.07 Å². The third kappa shape index (κ3) is 6.12. The maximum atomic E-state index is 11.3. The zero-order valence-electron chi connectivity index (χ0n) is 14.8. The van der Waals surface area contributed by atoms with Crippen molar-refractivity contribution in [3.63, 3.8) is 0 Å². The first-order chi connectivity index (χ1) is 12.9. The van der Waals surface area contributed by atoms with Crippen LogP contribution in [0.2, 0.25) is 0 Å². The van der Waals surface area contributed by atoms with Gasteiger partial charge in [-0.05, 0) is 24.7 Å². The summed E-state index contributed by atoms with van der Waals surface area (Å²) in [6.07, 6.45) is 1.11. The van der Waals surface area contributed by atoms with Crippen molar-refractivity contribution in [2.24, 2.45) is 0 Å². The molecule has 0 aliphatic heterocycles. The van der Waals surface area contributed by atoms with Gasteiger partial charge in [0.1, 0.15) is 11.4 Å². The Hall–Kier alpha value is -2.31. The number of fused-ring (bicyclic) bond motifs is 1. The van der Waals surface area contributed by atoms with Crippen molar-refractivity contribution in [2.75, 3.05) is 26.5 Å². The van der Waals surface area contributed by atoms with Crippen molar-refractivity contribution in [3.8, 4) is 11.5 Å². The second-order valence-corrected chi connectivity index (χ2v) is 7.85. The van der Waals surface area contributed by atoms with Gasteiger partial charge >= 0.3 is 16.3 Å². The van der Waals surface area contributed by atoms with E-state index in [1.54, 1.807) is 20.3 Å². The number of hydrogen-bond donors (Lipinski definition) is 3. The summed E-state index contributed by atoms with van der Waals surface area (Å²) in [6, 6.07) is 3.60. The van der Waals surface area contributed by atoms with E-state index in [2.05, 4.69) is 14.7 Å². The molecule has 1 amide bonds. The summed E-state index contributed by atoms with van der Waals surface area (Å²) in [5, 5.41) is 10.0. The molecule has 0 unspecified atom stereocenters. The van der Waals surface area contributed by atoms with Gasteiger partial charge in [-0.3, -0.25) is 0 Å². The number of hydrogen-bond acceptors (Lipinski definition) is 8. The number of amides is 1. The van der Waals surface area contributed by atoms with Crippen LogP contribution in [0.15, 0.2) is 23.5 Å². The second kappa shape index (κ2) is 9.58. The van der Waals surface area contributed by atoms with Crippen molar-refractivity contribution < 1.29 is 27.8 Å². The predicted molar refractivity (Wildman–Crippen MR) is 101 cm³/mol. The average molecular weight is 416 g/mol. The van der Waals surface area contributed by atoms with E-state index in [1.165, 1.54) is 22.8 Å². The van der Waals surface area contributed by atoms with E-state index in [-0.39, 0.29) is 6.54 Å². The molecule has 0 aliphatic rings. The van der Waals surface area contributed by atoms with Crippen LogP contribution in [-0.4, -0.2) is 56.1 Å². The molecule has 1 heterocycles. The van der Waals surface area contributed by atoms with Crippen molar-refractivity contribution in [1.82, 2.24) is 19.4 Å². The lowest BCUT2D eigenvalue weighted by atomic mass is 10.2. The quantitative estimate of drug-likeness (QED) is 0.299. The Labute approximate surface area is 160 Å². The first-order valence-electron chi connectivity index (χ1n) is 7.86. The predicted octanol–water partition coefficient (Wildman–Crippen LogP) is 1.62. The van der Waals surface area contributed by atoms with Gasteiger partial charge in [-0.15, -0.1) is 11.8 Å². The van der Waals surface area contributed by atoms with Crippen molar-refractivity contribution in [3.05, 3.63) is 18.5 Å². The minimum atomic E-state index is -4.02. The zero-order chi connectivity index (χ0) is 19.9. The van der Waals surface area contributed by atoms with E-state index < -0.39 is 16.3 Å². The van der Waals surface area contributed by atoms with Crippen LogP contribution in [0.5, 0.6) is 11.5 Å². The lowest BCUT2D eigenvalue weighted by molar-refractivity contribution is 0.201. The molecule has 0 saturated carbocycles. The van der Waals surface area contributed by atoms with E-state index in [0.717, 1.165) is 15.9 Å². The number of nitrogens with one attached hydrogen (secondary N) is 2. The Balaban J connectivity index is 1.91. The van der Waals surface area contributed by atoms with Crippen molar-refractivity contribution >= 4 is 39.0 Å². The number of nitrogens with zero attached hydrogens (tertiary/aromatic N) is 2. The standard InChI is InChI=1S/C15H20N4O6S2/c1-24-12-7-10-11(8-13(12)25-2)16-9-17-14(10)26-6-4-3-5-18-27(22,23)19-15(20)21/h7-9,18-19H,3-6H2,1-2H3,(H,20,21). The maximum Gasteiger partial charge on any atom is 0.419 e. The molecule has 27 heavy (non-hydrogen) atoms. The fourth-order valence-corrected chi connectivity index (χ4v) is 3.93. The Morgan fingerprint density at radius 3 is 2.56 bits per heavy atom. The molecule has 0 aliphatic carbocycles. The first-order valence-corrected chi connectivity index (χ1v) is 10.3. The molecular formula is C15H20N4O6S2. The van der Waals surface area contributed by atoms with Gasteiger partial charge in [0, 0.05) is 18.0 Å². The Kier molecular flexibility index (Phi) is 7.45. The Bertz CT molecular complexity index is 907. The summed E-state index contributed by atoms with van der Waals surface area (Å²) in [6.45, 7) is 0.138. The molecule has 2 rings (SSSR count). The highest BCUT2D eigenvalue weighted by Gasteiger charge is 2.13. The number of thioether (sulfide) groups is 1. The van der Waals surface area contributed by atoms with Crippen LogP contribution in [-0.2, 0) is 10.2 Å². The minimum absolute atomic E-state index is 0.138. The van der Waals surface area contributed by atoms with Crippen LogP contribution in [0.25, 0.3) is 10.9 Å². The van der Waals surface area contributed by atoms with Crippen LogP contribution in [0.1, 0.15) is 12.8 Å². The summed E-state index contributed by atoms with van der Waals surface area (Å²) >= 11 is 1.52. The van der Waals surface area contributed by atoms with E-state index in [0.29, 0.717) is 30.1 Å². The smallest absolute Gasteiger partial charge is 0.419 e. The fourth-order valence-electron chi connectivity index (χ4n) is 2.23. The van der Waals surface area contributed by atoms with Gasteiger partial charge in [-0.25, -0.2) is 19.5 Å². The maximum absolute atomic E-state index is 11.3. The summed E-state index contributed by atoms with van der Waals surface area (Å²) < 4.78 is 36.8. The normalized spacial score (nSPS) is 11.3. The summed E-state index contributed by atoms with van der Waals surface area (Å²) in [4.78, 5) is 18.9. The molecule has 1 aromatic carbocycles. The molecule has 12 heteroatoms.